The first kappa shape index (κ1) is 16.7. The number of carbonyl (C=O) groups is 1. The van der Waals surface area contributed by atoms with Crippen molar-refractivity contribution in [2.45, 2.75) is 6.04 Å². The number of carbonyl (C=O) groups excluding carboxylic acids is 1. The molecule has 0 fully saturated rings. The average Bonchev–Trinajstić information content (AvgIpc) is 3.08. The Bertz CT molecular complexity index is 832. The number of hydrogen-bond acceptors (Lipinski definition) is 6. The summed E-state index contributed by atoms with van der Waals surface area (Å²) in [4.78, 5) is 25.0. The number of hydrogen-bond donors (Lipinski definition) is 1. The van der Waals surface area contributed by atoms with E-state index in [9.17, 15) is 4.79 Å². The molecule has 3 heterocycles. The van der Waals surface area contributed by atoms with E-state index in [1.165, 1.54) is 12.4 Å². The zero-order valence-corrected chi connectivity index (χ0v) is 14.0. The number of methoxy groups -OCH3 is 1. The van der Waals surface area contributed by atoms with E-state index in [0.29, 0.717) is 18.0 Å². The summed E-state index contributed by atoms with van der Waals surface area (Å²) >= 11 is 0. The van der Waals surface area contributed by atoms with Gasteiger partial charge in [-0.05, 0) is 18.2 Å². The fourth-order valence-corrected chi connectivity index (χ4v) is 2.43. The van der Waals surface area contributed by atoms with Crippen LogP contribution in [-0.2, 0) is 11.8 Å². The number of nitrogens with zero attached hydrogens (tertiary/aromatic N) is 5. The maximum atomic E-state index is 12.5. The van der Waals surface area contributed by atoms with Gasteiger partial charge in [0.05, 0.1) is 23.9 Å². The minimum atomic E-state index is -0.315. The van der Waals surface area contributed by atoms with Crippen molar-refractivity contribution >= 4 is 5.91 Å². The van der Waals surface area contributed by atoms with Crippen LogP contribution in [0, 0.1) is 0 Å². The number of nitrogens with one attached hydrogen (secondary N) is 1. The Kier molecular flexibility index (Phi) is 5.10. The lowest BCUT2D eigenvalue weighted by atomic mass is 10.2. The van der Waals surface area contributed by atoms with Gasteiger partial charge in [-0.15, -0.1) is 0 Å². The van der Waals surface area contributed by atoms with Crippen LogP contribution in [0.3, 0.4) is 0 Å². The molecular formula is C17H18N6O2. The van der Waals surface area contributed by atoms with Crippen molar-refractivity contribution in [3.8, 4) is 11.4 Å². The van der Waals surface area contributed by atoms with Gasteiger partial charge in [-0.1, -0.05) is 0 Å². The molecule has 3 aromatic heterocycles. The Labute approximate surface area is 144 Å². The molecule has 0 spiro atoms. The summed E-state index contributed by atoms with van der Waals surface area (Å²) in [6, 6.07) is 5.15. The number of aryl methyl sites for hydroxylation is 1. The van der Waals surface area contributed by atoms with Gasteiger partial charge in [0.25, 0.3) is 5.91 Å². The molecule has 0 aliphatic carbocycles. The second-order valence-corrected chi connectivity index (χ2v) is 5.39. The van der Waals surface area contributed by atoms with Gasteiger partial charge in [0.2, 0.25) is 0 Å². The standard InChI is InChI=1S/C17H18N6O2/c1-23-15(5-8-21-23)14(11-25-2)22-17(24)13-9-19-16(20-10-13)12-3-6-18-7-4-12/h3-10,14H,11H2,1-2H3,(H,22,24)/t14-/m0/s1. The lowest BCUT2D eigenvalue weighted by molar-refractivity contribution is 0.0891. The van der Waals surface area contributed by atoms with Crippen LogP contribution in [0.5, 0.6) is 0 Å². The molecule has 8 heteroatoms. The van der Waals surface area contributed by atoms with E-state index in [-0.39, 0.29) is 11.9 Å². The summed E-state index contributed by atoms with van der Waals surface area (Å²) in [6.45, 7) is 0.335. The summed E-state index contributed by atoms with van der Waals surface area (Å²) in [7, 11) is 3.40. The largest absolute Gasteiger partial charge is 0.382 e. The molecule has 8 nitrogen and oxygen atoms in total. The van der Waals surface area contributed by atoms with Gasteiger partial charge < -0.3 is 10.1 Å². The molecule has 0 bridgehead atoms. The highest BCUT2D eigenvalue weighted by Gasteiger charge is 2.19. The van der Waals surface area contributed by atoms with Crippen molar-refractivity contribution in [3.05, 3.63) is 60.4 Å². The molecule has 0 aromatic carbocycles. The second-order valence-electron chi connectivity index (χ2n) is 5.39. The predicted octanol–water partition coefficient (Wildman–Crippen LogP) is 1.39. The van der Waals surface area contributed by atoms with E-state index < -0.39 is 0 Å². The molecule has 1 N–H and O–H groups in total. The number of ether oxygens (including phenoxy) is 1. The molecular weight excluding hydrogens is 320 g/mol. The fraction of sp³-hybridized carbons (Fsp3) is 0.235. The fourth-order valence-electron chi connectivity index (χ4n) is 2.43. The Morgan fingerprint density at radius 1 is 1.20 bits per heavy atom. The minimum Gasteiger partial charge on any atom is -0.382 e. The van der Waals surface area contributed by atoms with E-state index in [0.717, 1.165) is 11.3 Å². The van der Waals surface area contributed by atoms with Gasteiger partial charge in [0.15, 0.2) is 5.82 Å². The molecule has 0 radical (unpaired) electrons. The maximum absolute atomic E-state index is 12.5. The number of amides is 1. The highest BCUT2D eigenvalue weighted by atomic mass is 16.5. The molecule has 1 atom stereocenters. The summed E-state index contributed by atoms with van der Waals surface area (Å²) < 4.78 is 6.90. The van der Waals surface area contributed by atoms with E-state index in [4.69, 9.17) is 4.74 Å². The molecule has 0 saturated heterocycles. The smallest absolute Gasteiger partial charge is 0.255 e. The Morgan fingerprint density at radius 3 is 2.52 bits per heavy atom. The normalized spacial score (nSPS) is 11.9. The van der Waals surface area contributed by atoms with Crippen LogP contribution >= 0.6 is 0 Å². The van der Waals surface area contributed by atoms with Gasteiger partial charge in [-0.3, -0.25) is 14.5 Å². The zero-order chi connectivity index (χ0) is 17.6. The van der Waals surface area contributed by atoms with E-state index in [1.54, 1.807) is 30.4 Å². The van der Waals surface area contributed by atoms with Crippen LogP contribution in [0.25, 0.3) is 11.4 Å². The van der Waals surface area contributed by atoms with Gasteiger partial charge in [-0.2, -0.15) is 5.10 Å². The third-order valence-electron chi connectivity index (χ3n) is 3.71. The van der Waals surface area contributed by atoms with Crippen LogP contribution in [0.1, 0.15) is 22.1 Å². The molecule has 3 aromatic rings. The SMILES string of the molecule is COC[C@H](NC(=O)c1cnc(-c2ccncc2)nc1)c1ccnn1C. The van der Waals surface area contributed by atoms with E-state index in [1.807, 2.05) is 25.2 Å². The van der Waals surface area contributed by atoms with Gasteiger partial charge in [0, 0.05) is 50.7 Å². The Hall–Kier alpha value is -3.13. The minimum absolute atomic E-state index is 0.274. The van der Waals surface area contributed by atoms with Crippen molar-refractivity contribution in [2.75, 3.05) is 13.7 Å². The summed E-state index contributed by atoms with van der Waals surface area (Å²) in [5.74, 6) is 0.267. The third-order valence-corrected chi connectivity index (χ3v) is 3.71. The molecule has 1 amide bonds. The zero-order valence-electron chi connectivity index (χ0n) is 14.0. The Balaban J connectivity index is 1.75. The van der Waals surface area contributed by atoms with Gasteiger partial charge in [0.1, 0.15) is 0 Å². The van der Waals surface area contributed by atoms with Crippen molar-refractivity contribution < 1.29 is 9.53 Å². The first-order chi connectivity index (χ1) is 12.2. The van der Waals surface area contributed by atoms with E-state index >= 15 is 0 Å². The molecule has 0 aliphatic rings. The van der Waals surface area contributed by atoms with Crippen molar-refractivity contribution in [2.24, 2.45) is 7.05 Å². The molecule has 0 unspecified atom stereocenters. The molecule has 0 saturated carbocycles. The summed E-state index contributed by atoms with van der Waals surface area (Å²) in [6.07, 6.45) is 8.03. The lowest BCUT2D eigenvalue weighted by Crippen LogP contribution is -2.32. The van der Waals surface area contributed by atoms with Crippen LogP contribution in [-0.4, -0.2) is 44.4 Å². The number of pyridine rings is 1. The number of rotatable bonds is 6. The molecule has 3 rings (SSSR count). The third kappa shape index (κ3) is 3.86. The molecule has 128 valence electrons. The summed E-state index contributed by atoms with van der Waals surface area (Å²) in [5.41, 5.74) is 2.07. The van der Waals surface area contributed by atoms with Crippen LogP contribution < -0.4 is 5.32 Å². The monoisotopic (exact) mass is 338 g/mol. The first-order valence-electron chi connectivity index (χ1n) is 7.69. The van der Waals surface area contributed by atoms with Gasteiger partial charge in [-0.25, -0.2) is 9.97 Å². The quantitative estimate of drug-likeness (QED) is 0.730. The number of aromatic nitrogens is 5. The van der Waals surface area contributed by atoms with Crippen molar-refractivity contribution in [1.29, 1.82) is 0 Å². The lowest BCUT2D eigenvalue weighted by Gasteiger charge is -2.18. The Morgan fingerprint density at radius 2 is 1.92 bits per heavy atom. The maximum Gasteiger partial charge on any atom is 0.255 e. The van der Waals surface area contributed by atoms with Crippen molar-refractivity contribution in [3.63, 3.8) is 0 Å². The predicted molar refractivity (Wildman–Crippen MR) is 90.6 cm³/mol. The highest BCUT2D eigenvalue weighted by molar-refractivity contribution is 5.94. The van der Waals surface area contributed by atoms with Crippen LogP contribution in [0.4, 0.5) is 0 Å². The van der Waals surface area contributed by atoms with Crippen molar-refractivity contribution in [1.82, 2.24) is 30.0 Å². The van der Waals surface area contributed by atoms with E-state index in [2.05, 4.69) is 25.4 Å². The molecule has 0 aliphatic heterocycles. The first-order valence-corrected chi connectivity index (χ1v) is 7.69. The van der Waals surface area contributed by atoms with Gasteiger partial charge >= 0.3 is 0 Å². The topological polar surface area (TPSA) is 94.8 Å². The van der Waals surface area contributed by atoms with Crippen LogP contribution in [0.2, 0.25) is 0 Å². The van der Waals surface area contributed by atoms with Crippen LogP contribution in [0.15, 0.2) is 49.2 Å². The molecule has 25 heavy (non-hydrogen) atoms. The highest BCUT2D eigenvalue weighted by Crippen LogP contribution is 2.15. The summed E-state index contributed by atoms with van der Waals surface area (Å²) in [5, 5.41) is 7.05. The average molecular weight is 338 g/mol. The second kappa shape index (κ2) is 7.63.